The summed E-state index contributed by atoms with van der Waals surface area (Å²) in [5, 5.41) is 0.666. The maximum atomic E-state index is 11.4. The van der Waals surface area contributed by atoms with Gasteiger partial charge in [-0.25, -0.2) is 4.98 Å². The summed E-state index contributed by atoms with van der Waals surface area (Å²) in [5.41, 5.74) is 3.12. The van der Waals surface area contributed by atoms with Crippen LogP contribution in [0.15, 0.2) is 40.3 Å². The summed E-state index contributed by atoms with van der Waals surface area (Å²) in [6, 6.07) is 9.82. The first-order valence-electron chi connectivity index (χ1n) is 5.37. The lowest BCUT2D eigenvalue weighted by Gasteiger charge is -2.03. The van der Waals surface area contributed by atoms with E-state index in [1.54, 1.807) is 6.07 Å². The van der Waals surface area contributed by atoms with Crippen LogP contribution in [-0.4, -0.2) is 16.2 Å². The van der Waals surface area contributed by atoms with E-state index in [9.17, 15) is 4.79 Å². The zero-order valence-corrected chi connectivity index (χ0v) is 10.7. The van der Waals surface area contributed by atoms with Gasteiger partial charge in [0.1, 0.15) is 0 Å². The molecule has 1 N–H and O–H groups in total. The number of aromatic amines is 1. The van der Waals surface area contributed by atoms with Crippen molar-refractivity contribution in [2.24, 2.45) is 0 Å². The lowest BCUT2D eigenvalue weighted by atomic mass is 10.1. The van der Waals surface area contributed by atoms with Crippen molar-refractivity contribution in [2.75, 3.05) is 6.26 Å². The molecule has 0 amide bonds. The molecule has 0 aliphatic rings. The number of H-pyrrole nitrogens is 1. The number of rotatable bonds is 3. The Kier molecular flexibility index (Phi) is 3.64. The Labute approximate surface area is 104 Å². The summed E-state index contributed by atoms with van der Waals surface area (Å²) < 4.78 is 0. The molecule has 0 atom stereocenters. The molecule has 3 nitrogen and oxygen atoms in total. The summed E-state index contributed by atoms with van der Waals surface area (Å²) >= 11 is 1.44. The van der Waals surface area contributed by atoms with Gasteiger partial charge in [0.25, 0.3) is 5.56 Å². The van der Waals surface area contributed by atoms with Gasteiger partial charge >= 0.3 is 0 Å². The Hall–Kier alpha value is -1.55. The van der Waals surface area contributed by atoms with Crippen LogP contribution in [0, 0.1) is 6.92 Å². The second kappa shape index (κ2) is 5.19. The molecule has 1 aromatic carbocycles. The summed E-state index contributed by atoms with van der Waals surface area (Å²) in [7, 11) is 0. The zero-order chi connectivity index (χ0) is 12.3. The van der Waals surface area contributed by atoms with Gasteiger partial charge in [-0.05, 0) is 18.7 Å². The van der Waals surface area contributed by atoms with Crippen molar-refractivity contribution in [2.45, 2.75) is 18.5 Å². The first-order valence-corrected chi connectivity index (χ1v) is 6.59. The molecular weight excluding hydrogens is 232 g/mol. The van der Waals surface area contributed by atoms with Crippen molar-refractivity contribution in [3.63, 3.8) is 0 Å². The number of hydrogen-bond acceptors (Lipinski definition) is 3. The number of hydrogen-bond donors (Lipinski definition) is 1. The van der Waals surface area contributed by atoms with Crippen LogP contribution < -0.4 is 5.56 Å². The highest BCUT2D eigenvalue weighted by molar-refractivity contribution is 7.98. The van der Waals surface area contributed by atoms with E-state index in [-0.39, 0.29) is 5.56 Å². The average Bonchev–Trinajstić information content (AvgIpc) is 2.31. The van der Waals surface area contributed by atoms with Crippen molar-refractivity contribution in [1.82, 2.24) is 9.97 Å². The van der Waals surface area contributed by atoms with E-state index in [1.165, 1.54) is 22.9 Å². The highest BCUT2D eigenvalue weighted by Gasteiger charge is 2.02. The molecule has 0 aliphatic carbocycles. The molecule has 4 heteroatoms. The molecule has 17 heavy (non-hydrogen) atoms. The first kappa shape index (κ1) is 11.9. The van der Waals surface area contributed by atoms with E-state index < -0.39 is 0 Å². The molecule has 0 radical (unpaired) electrons. The van der Waals surface area contributed by atoms with Crippen molar-refractivity contribution < 1.29 is 0 Å². The second-order valence-electron chi connectivity index (χ2n) is 3.91. The van der Waals surface area contributed by atoms with Crippen LogP contribution in [0.1, 0.15) is 16.8 Å². The second-order valence-corrected chi connectivity index (χ2v) is 4.70. The fraction of sp³-hybridized carbons (Fsp3) is 0.231. The zero-order valence-electron chi connectivity index (χ0n) is 9.86. The third-order valence-corrected chi connectivity index (χ3v) is 3.05. The normalized spacial score (nSPS) is 10.5. The molecule has 2 aromatic rings. The number of nitrogens with one attached hydrogen (secondary N) is 1. The van der Waals surface area contributed by atoms with Crippen molar-refractivity contribution in [1.29, 1.82) is 0 Å². The molecule has 0 aliphatic heterocycles. The van der Waals surface area contributed by atoms with Gasteiger partial charge < -0.3 is 4.98 Å². The Morgan fingerprint density at radius 3 is 2.65 bits per heavy atom. The minimum atomic E-state index is -0.0912. The van der Waals surface area contributed by atoms with E-state index >= 15 is 0 Å². The molecule has 1 aromatic heterocycles. The molecule has 88 valence electrons. The Balaban J connectivity index is 2.26. The fourth-order valence-electron chi connectivity index (χ4n) is 1.59. The SMILES string of the molecule is CSc1nc(Cc2ccc(C)cc2)cc(=O)[nH]1. The third-order valence-electron chi connectivity index (χ3n) is 2.47. The number of benzene rings is 1. The third kappa shape index (κ3) is 3.20. The van der Waals surface area contributed by atoms with Gasteiger partial charge in [0.15, 0.2) is 5.16 Å². The van der Waals surface area contributed by atoms with Gasteiger partial charge in [0, 0.05) is 12.5 Å². The molecule has 0 saturated heterocycles. The van der Waals surface area contributed by atoms with Crippen LogP contribution in [0.3, 0.4) is 0 Å². The summed E-state index contributed by atoms with van der Waals surface area (Å²) in [6.45, 7) is 2.06. The van der Waals surface area contributed by atoms with Gasteiger partial charge in [-0.1, -0.05) is 41.6 Å². The minimum Gasteiger partial charge on any atom is -0.301 e. The molecular formula is C13H14N2OS. The van der Waals surface area contributed by atoms with Crippen molar-refractivity contribution >= 4 is 11.8 Å². The van der Waals surface area contributed by atoms with Gasteiger partial charge in [-0.15, -0.1) is 0 Å². The average molecular weight is 246 g/mol. The van der Waals surface area contributed by atoms with Crippen LogP contribution in [0.5, 0.6) is 0 Å². The minimum absolute atomic E-state index is 0.0912. The highest BCUT2D eigenvalue weighted by atomic mass is 32.2. The predicted molar refractivity (Wildman–Crippen MR) is 70.6 cm³/mol. The van der Waals surface area contributed by atoms with E-state index in [2.05, 4.69) is 41.2 Å². The van der Waals surface area contributed by atoms with Crippen LogP contribution in [0.4, 0.5) is 0 Å². The number of aromatic nitrogens is 2. The maximum Gasteiger partial charge on any atom is 0.251 e. The Bertz CT molecular complexity index is 560. The van der Waals surface area contributed by atoms with Gasteiger partial charge in [-0.2, -0.15) is 0 Å². The first-order chi connectivity index (χ1) is 8.17. The summed E-state index contributed by atoms with van der Waals surface area (Å²) in [5.74, 6) is 0. The number of aryl methyl sites for hydroxylation is 1. The van der Waals surface area contributed by atoms with Gasteiger partial charge in [0.05, 0.1) is 5.69 Å². The molecule has 0 fully saturated rings. The summed E-state index contributed by atoms with van der Waals surface area (Å²) in [6.07, 6.45) is 2.59. The Morgan fingerprint density at radius 2 is 2.00 bits per heavy atom. The molecule has 1 heterocycles. The van der Waals surface area contributed by atoms with E-state index in [0.29, 0.717) is 11.6 Å². The number of nitrogens with zero attached hydrogens (tertiary/aromatic N) is 1. The van der Waals surface area contributed by atoms with Gasteiger partial charge in [0.2, 0.25) is 0 Å². The van der Waals surface area contributed by atoms with Crippen LogP contribution in [-0.2, 0) is 6.42 Å². The quantitative estimate of drug-likeness (QED) is 0.668. The topological polar surface area (TPSA) is 45.8 Å². The lowest BCUT2D eigenvalue weighted by molar-refractivity contribution is 0.881. The molecule has 0 saturated carbocycles. The highest BCUT2D eigenvalue weighted by Crippen LogP contribution is 2.10. The standard InChI is InChI=1S/C13H14N2OS/c1-9-3-5-10(6-4-9)7-11-8-12(16)15-13(14-11)17-2/h3-6,8H,7H2,1-2H3,(H,14,15,16). The van der Waals surface area contributed by atoms with E-state index in [4.69, 9.17) is 0 Å². The smallest absolute Gasteiger partial charge is 0.251 e. The van der Waals surface area contributed by atoms with Crippen molar-refractivity contribution in [3.8, 4) is 0 Å². The maximum absolute atomic E-state index is 11.4. The fourth-order valence-corrected chi connectivity index (χ4v) is 2.00. The number of thioether (sulfide) groups is 1. The largest absolute Gasteiger partial charge is 0.301 e. The van der Waals surface area contributed by atoms with Crippen LogP contribution in [0.2, 0.25) is 0 Å². The molecule has 2 rings (SSSR count). The lowest BCUT2D eigenvalue weighted by Crippen LogP contribution is -2.10. The van der Waals surface area contributed by atoms with E-state index in [0.717, 1.165) is 5.69 Å². The van der Waals surface area contributed by atoms with Crippen LogP contribution >= 0.6 is 11.8 Å². The molecule has 0 bridgehead atoms. The van der Waals surface area contributed by atoms with Crippen molar-refractivity contribution in [3.05, 3.63) is 57.5 Å². The molecule has 0 unspecified atom stereocenters. The predicted octanol–water partition coefficient (Wildman–Crippen LogP) is 2.39. The van der Waals surface area contributed by atoms with Gasteiger partial charge in [-0.3, -0.25) is 4.79 Å². The Morgan fingerprint density at radius 1 is 1.29 bits per heavy atom. The van der Waals surface area contributed by atoms with Crippen LogP contribution in [0.25, 0.3) is 0 Å². The summed E-state index contributed by atoms with van der Waals surface area (Å²) in [4.78, 5) is 18.5. The monoisotopic (exact) mass is 246 g/mol. The van der Waals surface area contributed by atoms with E-state index in [1.807, 2.05) is 6.26 Å². The molecule has 0 spiro atoms.